The first-order chi connectivity index (χ1) is 11.6. The molecule has 0 aliphatic heterocycles. The Morgan fingerprint density at radius 1 is 0.560 bits per heavy atom. The zero-order valence-electron chi connectivity index (χ0n) is 18.0. The van der Waals surface area contributed by atoms with Gasteiger partial charge in [0.2, 0.25) is 0 Å². The molecule has 0 aromatic carbocycles. The largest absolute Gasteiger partial charge is 1.00 e. The summed E-state index contributed by atoms with van der Waals surface area (Å²) < 4.78 is 6.94. The number of rotatable bonds is 19. The van der Waals surface area contributed by atoms with Crippen LogP contribution in [-0.4, -0.2) is 38.5 Å². The van der Waals surface area contributed by atoms with Gasteiger partial charge < -0.3 is 21.6 Å². The van der Waals surface area contributed by atoms with Crippen LogP contribution in [0.25, 0.3) is 0 Å². The first-order valence-corrected chi connectivity index (χ1v) is 11.0. The second-order valence-electron chi connectivity index (χ2n) is 8.29. The molecule has 3 heteroatoms. The van der Waals surface area contributed by atoms with E-state index in [0.717, 1.165) is 17.8 Å². The topological polar surface area (TPSA) is 9.23 Å². The van der Waals surface area contributed by atoms with Crippen molar-refractivity contribution < 1.29 is 21.6 Å². The summed E-state index contributed by atoms with van der Waals surface area (Å²) in [5.41, 5.74) is 0. The molecule has 0 saturated carbocycles. The quantitative estimate of drug-likeness (QED) is 0.188. The minimum atomic E-state index is 0. The van der Waals surface area contributed by atoms with Crippen molar-refractivity contribution in [1.82, 2.24) is 0 Å². The summed E-state index contributed by atoms with van der Waals surface area (Å²) in [7, 11) is 4.62. The molecule has 25 heavy (non-hydrogen) atoms. The molecule has 2 nitrogen and oxygen atoms in total. The standard InChI is InChI=1S/C22H48NO.ClH/c1-5-7-9-11-13-14-16-18-20-23(3,4)22-24-21-19-17-15-12-10-8-6-2;/h5-22H2,1-4H3;1H/q+1;/p-1. The average Bonchev–Trinajstić information content (AvgIpc) is 2.55. The van der Waals surface area contributed by atoms with Gasteiger partial charge in [-0.05, 0) is 19.3 Å². The highest BCUT2D eigenvalue weighted by atomic mass is 35.5. The summed E-state index contributed by atoms with van der Waals surface area (Å²) in [6, 6.07) is 0. The lowest BCUT2D eigenvalue weighted by Gasteiger charge is -2.29. The molecule has 0 atom stereocenters. The predicted octanol–water partition coefficient (Wildman–Crippen LogP) is 3.93. The number of hydrogen-bond donors (Lipinski definition) is 0. The highest BCUT2D eigenvalue weighted by Crippen LogP contribution is 2.11. The third-order valence-corrected chi connectivity index (χ3v) is 4.95. The molecule has 0 aromatic heterocycles. The van der Waals surface area contributed by atoms with Gasteiger partial charge in [0.05, 0.1) is 27.2 Å². The Balaban J connectivity index is 0. The van der Waals surface area contributed by atoms with Crippen molar-refractivity contribution in [3.63, 3.8) is 0 Å². The predicted molar refractivity (Wildman–Crippen MR) is 108 cm³/mol. The molecule has 0 amide bonds. The van der Waals surface area contributed by atoms with Crippen molar-refractivity contribution in [2.24, 2.45) is 0 Å². The molecular weight excluding hydrogens is 330 g/mol. The lowest BCUT2D eigenvalue weighted by molar-refractivity contribution is -0.909. The third-order valence-electron chi connectivity index (χ3n) is 4.95. The van der Waals surface area contributed by atoms with Crippen molar-refractivity contribution in [2.75, 3.05) is 34.0 Å². The van der Waals surface area contributed by atoms with Gasteiger partial charge in [0.1, 0.15) is 0 Å². The molecule has 0 unspecified atom stereocenters. The van der Waals surface area contributed by atoms with E-state index in [2.05, 4.69) is 27.9 Å². The number of ether oxygens (including phenoxy) is 1. The van der Waals surface area contributed by atoms with E-state index in [-0.39, 0.29) is 12.4 Å². The third kappa shape index (κ3) is 22.2. The van der Waals surface area contributed by atoms with E-state index < -0.39 is 0 Å². The summed E-state index contributed by atoms with van der Waals surface area (Å²) in [6.07, 6.45) is 20.8. The van der Waals surface area contributed by atoms with E-state index in [1.807, 2.05) is 0 Å². The number of halogens is 1. The smallest absolute Gasteiger partial charge is 0.182 e. The number of quaternary nitrogens is 1. The van der Waals surface area contributed by atoms with E-state index in [0.29, 0.717) is 0 Å². The van der Waals surface area contributed by atoms with Crippen LogP contribution in [-0.2, 0) is 4.74 Å². The van der Waals surface area contributed by atoms with E-state index in [4.69, 9.17) is 4.74 Å². The first kappa shape index (κ1) is 27.4. The second-order valence-corrected chi connectivity index (χ2v) is 8.29. The zero-order valence-corrected chi connectivity index (χ0v) is 18.7. The van der Waals surface area contributed by atoms with Crippen LogP contribution in [0.2, 0.25) is 0 Å². The summed E-state index contributed by atoms with van der Waals surface area (Å²) in [5.74, 6) is 0. The maximum absolute atomic E-state index is 5.92. The molecule has 0 spiro atoms. The SMILES string of the molecule is CCCCCCCCCC[N+](C)(C)COCCCCCCCCC.[Cl-]. The van der Waals surface area contributed by atoms with Gasteiger partial charge in [-0.2, -0.15) is 0 Å². The molecule has 0 aliphatic carbocycles. The van der Waals surface area contributed by atoms with Crippen LogP contribution in [0.15, 0.2) is 0 Å². The van der Waals surface area contributed by atoms with Crippen LogP contribution in [0.4, 0.5) is 0 Å². The van der Waals surface area contributed by atoms with Crippen LogP contribution >= 0.6 is 0 Å². The zero-order chi connectivity index (χ0) is 17.9. The molecule has 154 valence electrons. The van der Waals surface area contributed by atoms with E-state index in [1.165, 1.54) is 103 Å². The van der Waals surface area contributed by atoms with Gasteiger partial charge in [0, 0.05) is 0 Å². The fourth-order valence-corrected chi connectivity index (χ4v) is 3.21. The summed E-state index contributed by atoms with van der Waals surface area (Å²) in [4.78, 5) is 0. The maximum Gasteiger partial charge on any atom is 0.182 e. The Kier molecular flexibility index (Phi) is 22.5. The summed E-state index contributed by atoms with van der Waals surface area (Å²) in [5, 5.41) is 0. The van der Waals surface area contributed by atoms with Crippen LogP contribution in [0.5, 0.6) is 0 Å². The monoisotopic (exact) mass is 377 g/mol. The molecule has 0 saturated heterocycles. The van der Waals surface area contributed by atoms with E-state index >= 15 is 0 Å². The Hall–Kier alpha value is 0.210. The van der Waals surface area contributed by atoms with Crippen LogP contribution in [0.3, 0.4) is 0 Å². The van der Waals surface area contributed by atoms with Crippen LogP contribution in [0.1, 0.15) is 110 Å². The van der Waals surface area contributed by atoms with Gasteiger partial charge in [-0.3, -0.25) is 0 Å². The highest BCUT2D eigenvalue weighted by Gasteiger charge is 2.14. The number of nitrogens with zero attached hydrogens (tertiary/aromatic N) is 1. The van der Waals surface area contributed by atoms with Crippen molar-refractivity contribution in [1.29, 1.82) is 0 Å². The van der Waals surface area contributed by atoms with Crippen molar-refractivity contribution in [3.8, 4) is 0 Å². The summed E-state index contributed by atoms with van der Waals surface area (Å²) >= 11 is 0. The lowest BCUT2D eigenvalue weighted by atomic mass is 10.1. The van der Waals surface area contributed by atoms with Crippen LogP contribution < -0.4 is 12.4 Å². The second kappa shape index (κ2) is 20.5. The van der Waals surface area contributed by atoms with Gasteiger partial charge in [0.25, 0.3) is 0 Å². The Bertz CT molecular complexity index is 246. The molecule has 0 aliphatic rings. The normalized spacial score (nSPS) is 11.5. The van der Waals surface area contributed by atoms with Gasteiger partial charge in [-0.25, -0.2) is 0 Å². The summed E-state index contributed by atoms with van der Waals surface area (Å²) in [6.45, 7) is 7.66. The molecule has 0 radical (unpaired) electrons. The van der Waals surface area contributed by atoms with Crippen molar-refractivity contribution in [3.05, 3.63) is 0 Å². The Morgan fingerprint density at radius 3 is 1.44 bits per heavy atom. The van der Waals surface area contributed by atoms with E-state index in [1.54, 1.807) is 0 Å². The van der Waals surface area contributed by atoms with Crippen LogP contribution in [0, 0.1) is 0 Å². The lowest BCUT2D eigenvalue weighted by Crippen LogP contribution is -3.00. The van der Waals surface area contributed by atoms with Gasteiger partial charge in [-0.15, -0.1) is 0 Å². The molecule has 0 aromatic rings. The molecule has 0 fully saturated rings. The van der Waals surface area contributed by atoms with E-state index in [9.17, 15) is 0 Å². The average molecular weight is 378 g/mol. The Labute approximate surface area is 166 Å². The number of hydrogen-bond acceptors (Lipinski definition) is 1. The van der Waals surface area contributed by atoms with Gasteiger partial charge in [0.15, 0.2) is 6.73 Å². The van der Waals surface area contributed by atoms with Gasteiger partial charge in [-0.1, -0.05) is 90.9 Å². The molecule has 0 N–H and O–H groups in total. The molecule has 0 bridgehead atoms. The number of unbranched alkanes of at least 4 members (excludes halogenated alkanes) is 13. The Morgan fingerprint density at radius 2 is 0.960 bits per heavy atom. The fourth-order valence-electron chi connectivity index (χ4n) is 3.21. The minimum Gasteiger partial charge on any atom is -1.00 e. The highest BCUT2D eigenvalue weighted by molar-refractivity contribution is 4.46. The first-order valence-electron chi connectivity index (χ1n) is 11.0. The molecule has 0 heterocycles. The fraction of sp³-hybridized carbons (Fsp3) is 1.00. The maximum atomic E-state index is 5.92. The molecular formula is C22H48ClNO. The van der Waals surface area contributed by atoms with Crippen molar-refractivity contribution in [2.45, 2.75) is 110 Å². The van der Waals surface area contributed by atoms with Crippen molar-refractivity contribution >= 4 is 0 Å². The van der Waals surface area contributed by atoms with Gasteiger partial charge >= 0.3 is 0 Å². The molecule has 0 rings (SSSR count). The minimum absolute atomic E-state index is 0.